The summed E-state index contributed by atoms with van der Waals surface area (Å²) in [5, 5.41) is 12.3. The third-order valence-corrected chi connectivity index (χ3v) is 5.17. The highest BCUT2D eigenvalue weighted by molar-refractivity contribution is 8.00. The molecule has 1 saturated heterocycles. The van der Waals surface area contributed by atoms with E-state index in [-0.39, 0.29) is 11.2 Å². The van der Waals surface area contributed by atoms with Crippen molar-refractivity contribution < 1.29 is 14.6 Å². The second-order valence-electron chi connectivity index (χ2n) is 5.40. The first-order chi connectivity index (χ1) is 10.7. The second kappa shape index (κ2) is 6.58. The molecule has 1 heterocycles. The number of nitrogens with zero attached hydrogens (tertiary/aromatic N) is 1. The summed E-state index contributed by atoms with van der Waals surface area (Å²) in [6.45, 7) is 2.20. The van der Waals surface area contributed by atoms with Crippen LogP contribution in [0.15, 0.2) is 36.4 Å². The lowest BCUT2D eigenvalue weighted by molar-refractivity contribution is -0.140. The molecule has 0 spiro atoms. The van der Waals surface area contributed by atoms with Gasteiger partial charge in [-0.05, 0) is 16.8 Å². The molecule has 4 nitrogen and oxygen atoms in total. The molecule has 5 heteroatoms. The van der Waals surface area contributed by atoms with Crippen LogP contribution in [0.3, 0.4) is 0 Å². The zero-order valence-corrected chi connectivity index (χ0v) is 13.3. The lowest BCUT2D eigenvalue weighted by Gasteiger charge is -2.31. The van der Waals surface area contributed by atoms with Gasteiger partial charge in [-0.15, -0.1) is 11.8 Å². The van der Waals surface area contributed by atoms with Crippen molar-refractivity contribution in [3.63, 3.8) is 0 Å². The van der Waals surface area contributed by atoms with Crippen molar-refractivity contribution in [1.29, 1.82) is 0 Å². The summed E-state index contributed by atoms with van der Waals surface area (Å²) in [6.07, 6.45) is 0. The van der Waals surface area contributed by atoms with E-state index in [1.807, 2.05) is 30.3 Å². The van der Waals surface area contributed by atoms with E-state index in [1.165, 1.54) is 7.11 Å². The zero-order chi connectivity index (χ0) is 15.5. The maximum atomic E-state index is 11.7. The summed E-state index contributed by atoms with van der Waals surface area (Å²) in [5.41, 5.74) is 0.925. The third-order valence-electron chi connectivity index (χ3n) is 4.01. The molecular weight excluding hydrogens is 298 g/mol. The number of phenolic OH excluding ortho intramolecular Hbond substituents is 1. The number of thioether (sulfide) groups is 1. The van der Waals surface area contributed by atoms with Gasteiger partial charge >= 0.3 is 5.97 Å². The van der Waals surface area contributed by atoms with Gasteiger partial charge in [-0.2, -0.15) is 0 Å². The van der Waals surface area contributed by atoms with Crippen LogP contribution in [0, 0.1) is 0 Å². The number of hydrogen-bond donors (Lipinski definition) is 1. The van der Waals surface area contributed by atoms with Crippen molar-refractivity contribution in [2.24, 2.45) is 0 Å². The Hall–Kier alpha value is -1.72. The van der Waals surface area contributed by atoms with Crippen LogP contribution in [0.1, 0.15) is 5.56 Å². The standard InChI is InChI=1S/C17H19NO3S/c1-21-17(20)16-11-18(8-9-22-16)10-14-13-5-3-2-4-12(13)6-7-15(14)19/h2-7,16,19H,8-11H2,1H3/t16-/m0/s1. The van der Waals surface area contributed by atoms with Crippen LogP contribution in [0.5, 0.6) is 5.75 Å². The summed E-state index contributed by atoms with van der Waals surface area (Å²) in [7, 11) is 1.43. The molecular formula is C17H19NO3S. The molecule has 0 amide bonds. The molecule has 0 aliphatic carbocycles. The number of benzene rings is 2. The Morgan fingerprint density at radius 1 is 1.36 bits per heavy atom. The van der Waals surface area contributed by atoms with Crippen molar-refractivity contribution in [3.05, 3.63) is 42.0 Å². The predicted molar refractivity (Wildman–Crippen MR) is 89.2 cm³/mol. The van der Waals surface area contributed by atoms with E-state index in [9.17, 15) is 9.90 Å². The van der Waals surface area contributed by atoms with Gasteiger partial charge in [-0.1, -0.05) is 30.3 Å². The van der Waals surface area contributed by atoms with E-state index in [0.717, 1.165) is 28.6 Å². The van der Waals surface area contributed by atoms with Gasteiger partial charge in [0.05, 0.1) is 7.11 Å². The largest absolute Gasteiger partial charge is 0.508 e. The van der Waals surface area contributed by atoms with Crippen LogP contribution in [0.2, 0.25) is 0 Å². The topological polar surface area (TPSA) is 49.8 Å². The summed E-state index contributed by atoms with van der Waals surface area (Å²) >= 11 is 1.64. The Morgan fingerprint density at radius 2 is 2.18 bits per heavy atom. The number of methoxy groups -OCH3 is 1. The smallest absolute Gasteiger partial charge is 0.320 e. The molecule has 1 aliphatic rings. The summed E-state index contributed by atoms with van der Waals surface area (Å²) in [5.74, 6) is 1.04. The molecule has 116 valence electrons. The SMILES string of the molecule is COC(=O)[C@@H]1CN(Cc2c(O)ccc3ccccc23)CCS1. The monoisotopic (exact) mass is 317 g/mol. The van der Waals surface area contributed by atoms with Crippen molar-refractivity contribution in [3.8, 4) is 5.75 Å². The first kappa shape index (κ1) is 15.2. The number of esters is 1. The Balaban J connectivity index is 1.84. The quantitative estimate of drug-likeness (QED) is 0.882. The zero-order valence-electron chi connectivity index (χ0n) is 12.5. The molecule has 0 radical (unpaired) electrons. The van der Waals surface area contributed by atoms with Gasteiger partial charge in [0.2, 0.25) is 0 Å². The summed E-state index contributed by atoms with van der Waals surface area (Å²) in [6, 6.07) is 11.7. The van der Waals surface area contributed by atoms with Gasteiger partial charge in [0.1, 0.15) is 11.0 Å². The number of carbonyl (C=O) groups is 1. The maximum Gasteiger partial charge on any atom is 0.320 e. The van der Waals surface area contributed by atoms with E-state index in [0.29, 0.717) is 18.8 Å². The van der Waals surface area contributed by atoms with E-state index in [4.69, 9.17) is 4.74 Å². The molecule has 1 aliphatic heterocycles. The van der Waals surface area contributed by atoms with Crippen LogP contribution in [0.25, 0.3) is 10.8 Å². The molecule has 0 unspecified atom stereocenters. The highest BCUT2D eigenvalue weighted by Gasteiger charge is 2.27. The van der Waals surface area contributed by atoms with Crippen molar-refractivity contribution >= 4 is 28.5 Å². The Kier molecular flexibility index (Phi) is 4.55. The van der Waals surface area contributed by atoms with Gasteiger partial charge in [-0.3, -0.25) is 9.69 Å². The number of fused-ring (bicyclic) bond motifs is 1. The first-order valence-electron chi connectivity index (χ1n) is 7.30. The number of carbonyl (C=O) groups excluding carboxylic acids is 1. The van der Waals surface area contributed by atoms with E-state index >= 15 is 0 Å². The van der Waals surface area contributed by atoms with Crippen LogP contribution in [-0.2, 0) is 16.1 Å². The van der Waals surface area contributed by atoms with Crippen LogP contribution in [-0.4, -0.2) is 47.2 Å². The van der Waals surface area contributed by atoms with Crippen LogP contribution in [0.4, 0.5) is 0 Å². The van der Waals surface area contributed by atoms with Crippen LogP contribution >= 0.6 is 11.8 Å². The molecule has 0 saturated carbocycles. The van der Waals surface area contributed by atoms with Gasteiger partial charge < -0.3 is 9.84 Å². The molecule has 1 N–H and O–H groups in total. The fraction of sp³-hybridized carbons (Fsp3) is 0.353. The Labute approximate surface area is 134 Å². The Bertz CT molecular complexity index is 689. The lowest BCUT2D eigenvalue weighted by atomic mass is 10.0. The fourth-order valence-corrected chi connectivity index (χ4v) is 4.03. The lowest BCUT2D eigenvalue weighted by Crippen LogP contribution is -2.41. The second-order valence-corrected chi connectivity index (χ2v) is 6.71. The molecule has 22 heavy (non-hydrogen) atoms. The minimum Gasteiger partial charge on any atom is -0.508 e. The molecule has 2 aromatic rings. The minimum absolute atomic E-state index is 0.143. The van der Waals surface area contributed by atoms with E-state index in [1.54, 1.807) is 17.8 Å². The third kappa shape index (κ3) is 3.05. The minimum atomic E-state index is -0.170. The van der Waals surface area contributed by atoms with Gasteiger partial charge in [0.15, 0.2) is 0 Å². The molecule has 3 rings (SSSR count). The van der Waals surface area contributed by atoms with Gasteiger partial charge in [-0.25, -0.2) is 0 Å². The van der Waals surface area contributed by atoms with E-state index in [2.05, 4.69) is 4.90 Å². The highest BCUT2D eigenvalue weighted by Crippen LogP contribution is 2.30. The molecule has 0 bridgehead atoms. The van der Waals surface area contributed by atoms with Crippen molar-refractivity contribution in [2.45, 2.75) is 11.8 Å². The fourth-order valence-electron chi connectivity index (χ4n) is 2.83. The van der Waals surface area contributed by atoms with Gasteiger partial charge in [0, 0.05) is 31.0 Å². The van der Waals surface area contributed by atoms with Crippen LogP contribution < -0.4 is 0 Å². The Morgan fingerprint density at radius 3 is 3.00 bits per heavy atom. The first-order valence-corrected chi connectivity index (χ1v) is 8.35. The molecule has 0 aromatic heterocycles. The normalized spacial score (nSPS) is 19.2. The number of rotatable bonds is 3. The van der Waals surface area contributed by atoms with Crippen molar-refractivity contribution in [2.75, 3.05) is 26.0 Å². The number of aromatic hydroxyl groups is 1. The number of phenols is 1. The van der Waals surface area contributed by atoms with Gasteiger partial charge in [0.25, 0.3) is 0 Å². The number of ether oxygens (including phenoxy) is 1. The average Bonchev–Trinajstić information content (AvgIpc) is 2.57. The number of hydrogen-bond acceptors (Lipinski definition) is 5. The predicted octanol–water partition coefficient (Wildman–Crippen LogP) is 2.64. The molecule has 1 atom stereocenters. The van der Waals surface area contributed by atoms with E-state index < -0.39 is 0 Å². The van der Waals surface area contributed by atoms with Crippen molar-refractivity contribution in [1.82, 2.24) is 4.90 Å². The molecule has 2 aromatic carbocycles. The summed E-state index contributed by atoms with van der Waals surface area (Å²) < 4.78 is 4.85. The maximum absolute atomic E-state index is 11.7. The molecule has 1 fully saturated rings. The summed E-state index contributed by atoms with van der Waals surface area (Å²) in [4.78, 5) is 13.9. The highest BCUT2D eigenvalue weighted by atomic mass is 32.2. The average molecular weight is 317 g/mol.